The summed E-state index contributed by atoms with van der Waals surface area (Å²) < 4.78 is 2.01. The molecule has 0 fully saturated rings. The molecule has 0 saturated carbocycles. The molecule has 4 heteroatoms. The molecular formula is C17H18N2OS. The lowest BCUT2D eigenvalue weighted by molar-refractivity contribution is 0.157. The van der Waals surface area contributed by atoms with Gasteiger partial charge in [-0.15, -0.1) is 11.3 Å². The molecule has 0 aliphatic rings. The van der Waals surface area contributed by atoms with Crippen molar-refractivity contribution in [2.24, 2.45) is 0 Å². The van der Waals surface area contributed by atoms with Gasteiger partial charge in [0.15, 0.2) is 0 Å². The zero-order valence-electron chi connectivity index (χ0n) is 12.2. The van der Waals surface area contributed by atoms with Crippen molar-refractivity contribution in [1.82, 2.24) is 9.55 Å². The normalized spacial score (nSPS) is 12.5. The third kappa shape index (κ3) is 2.91. The van der Waals surface area contributed by atoms with E-state index in [1.807, 2.05) is 34.3 Å². The Kier molecular flexibility index (Phi) is 3.90. The van der Waals surface area contributed by atoms with E-state index >= 15 is 0 Å². The average molecular weight is 298 g/mol. The standard InChI is InChI=1S/C17H18N2OS/c1-12-5-6-14(10-13(12)2)15(20)11-19-8-7-18-17(19)16-4-3-9-21-16/h3-10,15,20H,11H2,1-2H3. The highest BCUT2D eigenvalue weighted by molar-refractivity contribution is 7.13. The number of aromatic nitrogens is 2. The Morgan fingerprint density at radius 1 is 1.24 bits per heavy atom. The molecule has 21 heavy (non-hydrogen) atoms. The summed E-state index contributed by atoms with van der Waals surface area (Å²) in [5.41, 5.74) is 3.40. The van der Waals surface area contributed by atoms with Crippen molar-refractivity contribution in [3.63, 3.8) is 0 Å². The molecule has 0 bridgehead atoms. The molecule has 0 aliphatic carbocycles. The average Bonchev–Trinajstić information content (AvgIpc) is 3.12. The third-order valence-electron chi connectivity index (χ3n) is 3.74. The van der Waals surface area contributed by atoms with Gasteiger partial charge in [0.05, 0.1) is 17.5 Å². The van der Waals surface area contributed by atoms with Gasteiger partial charge in [-0.25, -0.2) is 4.98 Å². The summed E-state index contributed by atoms with van der Waals surface area (Å²) in [5, 5.41) is 12.5. The first-order valence-electron chi connectivity index (χ1n) is 6.95. The molecule has 2 aromatic heterocycles. The van der Waals surface area contributed by atoms with Crippen LogP contribution >= 0.6 is 11.3 Å². The predicted octanol–water partition coefficient (Wildman–Crippen LogP) is 3.96. The Bertz CT molecular complexity index is 731. The summed E-state index contributed by atoms with van der Waals surface area (Å²) in [7, 11) is 0. The molecular weight excluding hydrogens is 280 g/mol. The SMILES string of the molecule is Cc1ccc(C(O)Cn2ccnc2-c2cccs2)cc1C. The summed E-state index contributed by atoms with van der Waals surface area (Å²) in [6.07, 6.45) is 3.17. The lowest BCUT2D eigenvalue weighted by atomic mass is 10.0. The first kappa shape index (κ1) is 14.0. The van der Waals surface area contributed by atoms with Crippen LogP contribution in [0.4, 0.5) is 0 Å². The van der Waals surface area contributed by atoms with E-state index in [1.165, 1.54) is 11.1 Å². The van der Waals surface area contributed by atoms with Crippen LogP contribution in [0, 0.1) is 13.8 Å². The zero-order valence-corrected chi connectivity index (χ0v) is 13.0. The maximum absolute atomic E-state index is 10.5. The lowest BCUT2D eigenvalue weighted by Gasteiger charge is -2.15. The van der Waals surface area contributed by atoms with Crippen LogP contribution < -0.4 is 0 Å². The Balaban J connectivity index is 1.84. The van der Waals surface area contributed by atoms with Gasteiger partial charge in [-0.05, 0) is 42.0 Å². The van der Waals surface area contributed by atoms with Crippen molar-refractivity contribution in [3.8, 4) is 10.7 Å². The van der Waals surface area contributed by atoms with Gasteiger partial charge in [0.1, 0.15) is 5.82 Å². The summed E-state index contributed by atoms with van der Waals surface area (Å²) in [4.78, 5) is 5.52. The van der Waals surface area contributed by atoms with Gasteiger partial charge in [0.25, 0.3) is 0 Å². The van der Waals surface area contributed by atoms with Crippen LogP contribution in [0.5, 0.6) is 0 Å². The van der Waals surface area contributed by atoms with Crippen molar-refractivity contribution in [2.45, 2.75) is 26.5 Å². The van der Waals surface area contributed by atoms with Gasteiger partial charge in [0, 0.05) is 12.4 Å². The molecule has 0 amide bonds. The van der Waals surface area contributed by atoms with Crippen LogP contribution in [-0.4, -0.2) is 14.7 Å². The number of rotatable bonds is 4. The van der Waals surface area contributed by atoms with E-state index in [0.717, 1.165) is 16.3 Å². The fourth-order valence-corrected chi connectivity index (χ4v) is 3.09. The molecule has 0 radical (unpaired) electrons. The number of aryl methyl sites for hydroxylation is 2. The van der Waals surface area contributed by atoms with Crippen molar-refractivity contribution >= 4 is 11.3 Å². The molecule has 1 unspecified atom stereocenters. The van der Waals surface area contributed by atoms with E-state index in [-0.39, 0.29) is 0 Å². The fraction of sp³-hybridized carbons (Fsp3) is 0.235. The highest BCUT2D eigenvalue weighted by Crippen LogP contribution is 2.25. The van der Waals surface area contributed by atoms with Crippen LogP contribution in [0.2, 0.25) is 0 Å². The number of hydrogen-bond donors (Lipinski definition) is 1. The Morgan fingerprint density at radius 2 is 2.10 bits per heavy atom. The van der Waals surface area contributed by atoms with Crippen LogP contribution in [0.25, 0.3) is 10.7 Å². The molecule has 3 rings (SSSR count). The molecule has 1 atom stereocenters. The highest BCUT2D eigenvalue weighted by Gasteiger charge is 2.13. The minimum Gasteiger partial charge on any atom is -0.387 e. The van der Waals surface area contributed by atoms with E-state index in [2.05, 4.69) is 31.0 Å². The minimum atomic E-state index is -0.530. The number of benzene rings is 1. The topological polar surface area (TPSA) is 38.0 Å². The number of aliphatic hydroxyl groups excluding tert-OH is 1. The lowest BCUT2D eigenvalue weighted by Crippen LogP contribution is -2.09. The minimum absolute atomic E-state index is 0.510. The zero-order chi connectivity index (χ0) is 14.8. The van der Waals surface area contributed by atoms with Crippen molar-refractivity contribution in [2.75, 3.05) is 0 Å². The van der Waals surface area contributed by atoms with Crippen molar-refractivity contribution in [1.29, 1.82) is 0 Å². The van der Waals surface area contributed by atoms with E-state index in [4.69, 9.17) is 0 Å². The van der Waals surface area contributed by atoms with E-state index < -0.39 is 6.10 Å². The predicted molar refractivity (Wildman–Crippen MR) is 86.4 cm³/mol. The molecule has 108 valence electrons. The molecule has 2 heterocycles. The Labute approximate surface area is 128 Å². The Hall–Kier alpha value is -1.91. The van der Waals surface area contributed by atoms with Crippen LogP contribution in [0.3, 0.4) is 0 Å². The van der Waals surface area contributed by atoms with Crippen molar-refractivity contribution in [3.05, 3.63) is 64.8 Å². The summed E-state index contributed by atoms with van der Waals surface area (Å²) in [6, 6.07) is 10.2. The molecule has 3 aromatic rings. The molecule has 0 spiro atoms. The molecule has 1 aromatic carbocycles. The Morgan fingerprint density at radius 3 is 2.81 bits per heavy atom. The van der Waals surface area contributed by atoms with Crippen molar-refractivity contribution < 1.29 is 5.11 Å². The van der Waals surface area contributed by atoms with E-state index in [1.54, 1.807) is 17.5 Å². The quantitative estimate of drug-likeness (QED) is 0.791. The molecule has 0 aliphatic heterocycles. The van der Waals surface area contributed by atoms with Gasteiger partial charge in [-0.1, -0.05) is 24.3 Å². The maximum Gasteiger partial charge on any atom is 0.150 e. The second-order valence-corrected chi connectivity index (χ2v) is 6.19. The van der Waals surface area contributed by atoms with Gasteiger partial charge < -0.3 is 9.67 Å². The van der Waals surface area contributed by atoms with Crippen LogP contribution in [0.1, 0.15) is 22.8 Å². The number of imidazole rings is 1. The number of aliphatic hydroxyl groups is 1. The van der Waals surface area contributed by atoms with Gasteiger partial charge in [-0.2, -0.15) is 0 Å². The first-order valence-corrected chi connectivity index (χ1v) is 7.83. The summed E-state index contributed by atoms with van der Waals surface area (Å²) >= 11 is 1.66. The molecule has 0 saturated heterocycles. The first-order chi connectivity index (χ1) is 10.1. The third-order valence-corrected chi connectivity index (χ3v) is 4.61. The molecule has 1 N–H and O–H groups in total. The number of nitrogens with zero attached hydrogens (tertiary/aromatic N) is 2. The highest BCUT2D eigenvalue weighted by atomic mass is 32.1. The second kappa shape index (κ2) is 5.84. The van der Waals surface area contributed by atoms with E-state index in [9.17, 15) is 5.11 Å². The van der Waals surface area contributed by atoms with Crippen LogP contribution in [0.15, 0.2) is 48.1 Å². The van der Waals surface area contributed by atoms with Gasteiger partial charge in [-0.3, -0.25) is 0 Å². The maximum atomic E-state index is 10.5. The summed E-state index contributed by atoms with van der Waals surface area (Å²) in [6.45, 7) is 4.66. The monoisotopic (exact) mass is 298 g/mol. The molecule has 3 nitrogen and oxygen atoms in total. The number of hydrogen-bond acceptors (Lipinski definition) is 3. The fourth-order valence-electron chi connectivity index (χ4n) is 2.35. The van der Waals surface area contributed by atoms with Gasteiger partial charge >= 0.3 is 0 Å². The van der Waals surface area contributed by atoms with Gasteiger partial charge in [0.2, 0.25) is 0 Å². The smallest absolute Gasteiger partial charge is 0.150 e. The summed E-state index contributed by atoms with van der Waals surface area (Å²) in [5.74, 6) is 0.910. The van der Waals surface area contributed by atoms with Crippen LogP contribution in [-0.2, 0) is 6.54 Å². The van der Waals surface area contributed by atoms with E-state index in [0.29, 0.717) is 6.54 Å². The number of thiophene rings is 1. The second-order valence-electron chi connectivity index (χ2n) is 5.24. The largest absolute Gasteiger partial charge is 0.387 e.